The second-order valence-corrected chi connectivity index (χ2v) is 17.3. The fraction of sp³-hybridized carbons (Fsp3) is 0.309. The van der Waals surface area contributed by atoms with Gasteiger partial charge >= 0.3 is 18.1 Å². The molecule has 0 bridgehead atoms. The van der Waals surface area contributed by atoms with Crippen molar-refractivity contribution in [1.82, 2.24) is 19.7 Å². The third kappa shape index (κ3) is 14.4. The molecular formula is C55H56F3N7O10. The van der Waals surface area contributed by atoms with E-state index in [1.54, 1.807) is 67.6 Å². The van der Waals surface area contributed by atoms with Crippen LogP contribution in [0.4, 0.5) is 24.5 Å². The quantitative estimate of drug-likeness (QED) is 0.0544. The van der Waals surface area contributed by atoms with Crippen LogP contribution in [0.5, 0.6) is 23.3 Å². The van der Waals surface area contributed by atoms with E-state index in [4.69, 9.17) is 28.4 Å². The van der Waals surface area contributed by atoms with Crippen molar-refractivity contribution in [2.24, 2.45) is 18.9 Å². The standard InChI is InChI=1S/C22H17N3O5.C18H18F3N3O.C15H21NO4/c1-27-13-17(22(26)28-2)16-8-4-6-10-19(16)30-21-11-20(24-14-25-21)29-18-9-5-3-7-15(18)12-23;1-24-9-14(16(23-24)18(19,20)21)17(25)22-15-5-3-2-4-11(15)13-8-12(13)10-6-7-10;1-10-7-6-8-11(2)14(10)16(13(17)9-19-4)12(3)15(18)20-5/h3-11,13-14H,1-2H3;2-5,9-10,12-13H,6-8H2,1H3,(H,22,25);6-8,12H,9H2,1-5H3/b17-13+;;/t;;12-/m..1/s1. The molecule has 4 aromatic carbocycles. The van der Waals surface area contributed by atoms with Crippen molar-refractivity contribution in [3.8, 4) is 29.3 Å². The van der Waals surface area contributed by atoms with Gasteiger partial charge in [0.05, 0.1) is 50.5 Å². The molecule has 2 fully saturated rings. The van der Waals surface area contributed by atoms with Crippen molar-refractivity contribution < 1.29 is 60.8 Å². The number of ether oxygens (including phenoxy) is 6. The van der Waals surface area contributed by atoms with Crippen LogP contribution in [0.25, 0.3) is 5.57 Å². The van der Waals surface area contributed by atoms with E-state index < -0.39 is 41.3 Å². The topological polar surface area (TPSA) is 206 Å². The number of anilines is 2. The molecular weight excluding hydrogens is 976 g/mol. The zero-order valence-corrected chi connectivity index (χ0v) is 42.5. The number of hydrogen-bond donors (Lipinski definition) is 1. The molecule has 392 valence electrons. The van der Waals surface area contributed by atoms with Gasteiger partial charge in [-0.3, -0.25) is 19.2 Å². The van der Waals surface area contributed by atoms with Gasteiger partial charge in [-0.25, -0.2) is 19.6 Å². The fourth-order valence-corrected chi connectivity index (χ4v) is 8.33. The predicted molar refractivity (Wildman–Crippen MR) is 270 cm³/mol. The number of para-hydroxylation sites is 4. The average Bonchev–Trinajstić information content (AvgIpc) is 4.34. The monoisotopic (exact) mass is 1030 g/mol. The molecule has 2 unspecified atom stereocenters. The van der Waals surface area contributed by atoms with E-state index in [2.05, 4.69) is 26.5 Å². The van der Waals surface area contributed by atoms with Gasteiger partial charge in [-0.15, -0.1) is 0 Å². The molecule has 17 nitrogen and oxygen atoms in total. The van der Waals surface area contributed by atoms with Gasteiger partial charge in [0.1, 0.15) is 42.1 Å². The molecule has 8 rings (SSSR count). The van der Waals surface area contributed by atoms with Gasteiger partial charge < -0.3 is 33.7 Å². The lowest BCUT2D eigenvalue weighted by Gasteiger charge is -2.30. The molecule has 2 aliphatic carbocycles. The third-order valence-electron chi connectivity index (χ3n) is 12.0. The van der Waals surface area contributed by atoms with E-state index in [0.29, 0.717) is 40.1 Å². The SMILES string of the molecule is CO/C=C(/C(=O)OC)c1ccccc1Oc1cc(Oc2ccccc2C#N)ncn1.COCC(=O)N(c1c(C)cccc1C)[C@H](C)C(=O)OC.Cn1cc(C(=O)Nc2ccccc2C2CC2C2CC2)c(C(F)(F)F)n1. The zero-order chi connectivity index (χ0) is 54.4. The van der Waals surface area contributed by atoms with Crippen LogP contribution in [0.15, 0.2) is 116 Å². The molecule has 1 N–H and O–H groups in total. The minimum Gasteiger partial charge on any atom is -0.503 e. The van der Waals surface area contributed by atoms with E-state index in [-0.39, 0.29) is 29.8 Å². The number of benzene rings is 4. The Morgan fingerprint density at radius 2 is 1.48 bits per heavy atom. The number of carbonyl (C=O) groups excluding carboxylic acids is 4. The Morgan fingerprint density at radius 1 is 0.853 bits per heavy atom. The van der Waals surface area contributed by atoms with Crippen molar-refractivity contribution in [2.75, 3.05) is 45.3 Å². The van der Waals surface area contributed by atoms with Crippen molar-refractivity contribution >= 4 is 40.7 Å². The fourth-order valence-electron chi connectivity index (χ4n) is 8.33. The van der Waals surface area contributed by atoms with E-state index in [9.17, 15) is 37.6 Å². The van der Waals surface area contributed by atoms with Gasteiger partial charge in [0.25, 0.3) is 11.8 Å². The number of rotatable bonds is 16. The number of alkyl halides is 3. The highest BCUT2D eigenvalue weighted by Crippen LogP contribution is 2.60. The predicted octanol–water partition coefficient (Wildman–Crippen LogP) is 10.1. The van der Waals surface area contributed by atoms with E-state index in [1.807, 2.05) is 44.2 Å². The van der Waals surface area contributed by atoms with E-state index >= 15 is 0 Å². The molecule has 0 spiro atoms. The molecule has 3 atom stereocenters. The molecule has 0 radical (unpaired) electrons. The first kappa shape index (κ1) is 55.7. The Labute approximate surface area is 431 Å². The first-order chi connectivity index (χ1) is 35.9. The van der Waals surface area contributed by atoms with E-state index in [1.165, 1.54) is 71.9 Å². The molecule has 2 heterocycles. The molecule has 6 aromatic rings. The first-order valence-electron chi connectivity index (χ1n) is 23.5. The van der Waals surface area contributed by atoms with Crippen LogP contribution >= 0.6 is 0 Å². The average molecular weight is 1030 g/mol. The maximum atomic E-state index is 13.1. The van der Waals surface area contributed by atoms with Gasteiger partial charge in [-0.05, 0) is 98.7 Å². The number of aromatic nitrogens is 4. The number of nitrogens with zero attached hydrogens (tertiary/aromatic N) is 6. The van der Waals surface area contributed by atoms with Crippen LogP contribution in [0.1, 0.15) is 76.0 Å². The highest BCUT2D eigenvalue weighted by Gasteiger charge is 2.49. The maximum Gasteiger partial charge on any atom is 0.435 e. The Kier molecular flexibility index (Phi) is 18.9. The van der Waals surface area contributed by atoms with Crippen LogP contribution in [0.2, 0.25) is 0 Å². The smallest absolute Gasteiger partial charge is 0.435 e. The lowest BCUT2D eigenvalue weighted by atomic mass is 10.0. The first-order valence-corrected chi connectivity index (χ1v) is 23.5. The number of hydrogen-bond acceptors (Lipinski definition) is 14. The molecule has 0 saturated heterocycles. The Bertz CT molecular complexity index is 3060. The summed E-state index contributed by atoms with van der Waals surface area (Å²) in [4.78, 5) is 58.3. The summed E-state index contributed by atoms with van der Waals surface area (Å²) in [5.41, 5.74) is 3.58. The summed E-state index contributed by atoms with van der Waals surface area (Å²) in [6, 6.07) is 29.6. The molecule has 20 heteroatoms. The van der Waals surface area contributed by atoms with E-state index in [0.717, 1.165) is 45.6 Å². The molecule has 75 heavy (non-hydrogen) atoms. The Hall–Kier alpha value is -8.57. The zero-order valence-electron chi connectivity index (χ0n) is 42.5. The molecule has 2 aromatic heterocycles. The maximum absolute atomic E-state index is 13.1. The second-order valence-electron chi connectivity index (χ2n) is 17.3. The second kappa shape index (κ2) is 25.4. The Balaban J connectivity index is 0.000000187. The number of amides is 2. The van der Waals surface area contributed by atoms with Crippen LogP contribution in [-0.2, 0) is 46.6 Å². The number of nitriles is 1. The van der Waals surface area contributed by atoms with Crippen molar-refractivity contribution in [3.05, 3.63) is 155 Å². The van der Waals surface area contributed by atoms with Crippen LogP contribution in [-0.4, -0.2) is 84.6 Å². The van der Waals surface area contributed by atoms with Gasteiger partial charge in [-0.1, -0.05) is 66.7 Å². The number of aryl methyl sites for hydroxylation is 3. The summed E-state index contributed by atoms with van der Waals surface area (Å²) >= 11 is 0. The summed E-state index contributed by atoms with van der Waals surface area (Å²) in [5.74, 6) is 0.842. The summed E-state index contributed by atoms with van der Waals surface area (Å²) < 4.78 is 71.2. The number of methoxy groups -OCH3 is 4. The molecule has 2 aliphatic rings. The molecule has 2 amide bonds. The lowest BCUT2D eigenvalue weighted by Crippen LogP contribution is -2.46. The van der Waals surface area contributed by atoms with Gasteiger partial charge in [0, 0.05) is 31.6 Å². The van der Waals surface area contributed by atoms with Crippen molar-refractivity contribution in [1.29, 1.82) is 5.26 Å². The normalized spacial score (nSPS) is 15.0. The third-order valence-corrected chi connectivity index (χ3v) is 12.0. The minimum atomic E-state index is -4.67. The number of nitrogens with one attached hydrogen (secondary N) is 1. The van der Waals surface area contributed by atoms with Gasteiger partial charge in [0.2, 0.25) is 11.8 Å². The Morgan fingerprint density at radius 3 is 2.09 bits per heavy atom. The summed E-state index contributed by atoms with van der Waals surface area (Å²) in [6.45, 7) is 5.36. The highest BCUT2D eigenvalue weighted by molar-refractivity contribution is 6.17. The lowest BCUT2D eigenvalue weighted by molar-refractivity contribution is -0.143. The summed E-state index contributed by atoms with van der Waals surface area (Å²) in [5, 5.41) is 15.2. The summed E-state index contributed by atoms with van der Waals surface area (Å²) in [6.07, 6.45) is 2.61. The molecule has 0 aliphatic heterocycles. The van der Waals surface area contributed by atoms with Gasteiger partial charge in [-0.2, -0.15) is 23.5 Å². The van der Waals surface area contributed by atoms with Crippen LogP contribution in [0.3, 0.4) is 0 Å². The minimum absolute atomic E-state index is 0.0882. The number of esters is 2. The number of carbonyl (C=O) groups is 4. The van der Waals surface area contributed by atoms with Crippen molar-refractivity contribution in [2.45, 2.75) is 58.2 Å². The van der Waals surface area contributed by atoms with Gasteiger partial charge in [0.15, 0.2) is 5.69 Å². The van der Waals surface area contributed by atoms with Crippen molar-refractivity contribution in [3.63, 3.8) is 0 Å². The van der Waals surface area contributed by atoms with Crippen LogP contribution < -0.4 is 19.7 Å². The summed E-state index contributed by atoms with van der Waals surface area (Å²) in [7, 11) is 6.83. The number of halogens is 3. The largest absolute Gasteiger partial charge is 0.503 e. The van der Waals surface area contributed by atoms with Crippen LogP contribution in [0, 0.1) is 37.0 Å². The highest BCUT2D eigenvalue weighted by atomic mass is 19.4. The molecule has 2 saturated carbocycles.